The maximum atomic E-state index is 13.0. The summed E-state index contributed by atoms with van der Waals surface area (Å²) < 4.78 is 17.8. The van der Waals surface area contributed by atoms with Crippen LogP contribution < -0.4 is 5.32 Å². The first-order valence-electron chi connectivity index (χ1n) is 7.04. The highest BCUT2D eigenvalue weighted by Crippen LogP contribution is 2.20. The van der Waals surface area contributed by atoms with Crippen molar-refractivity contribution in [1.82, 2.24) is 4.90 Å². The van der Waals surface area contributed by atoms with Gasteiger partial charge in [-0.2, -0.15) is 0 Å². The third-order valence-corrected chi connectivity index (χ3v) is 3.98. The fourth-order valence-electron chi connectivity index (χ4n) is 2.47. The Morgan fingerprint density at radius 3 is 2.68 bits per heavy atom. The van der Waals surface area contributed by atoms with E-state index >= 15 is 0 Å². The molecule has 0 radical (unpaired) electrons. The number of nitrogens with zero attached hydrogens (tertiary/aromatic N) is 1. The van der Waals surface area contributed by atoms with Crippen molar-refractivity contribution in [3.05, 3.63) is 29.0 Å². The largest absolute Gasteiger partial charge is 0.469 e. The number of ether oxygens (including phenoxy) is 1. The number of nitrogens with one attached hydrogen (secondary N) is 1. The highest BCUT2D eigenvalue weighted by molar-refractivity contribution is 6.31. The first-order chi connectivity index (χ1) is 10.5. The second-order valence-corrected chi connectivity index (χ2v) is 5.66. The third-order valence-electron chi connectivity index (χ3n) is 3.69. The fraction of sp³-hybridized carbons (Fsp3) is 0.467. The number of halogens is 2. The van der Waals surface area contributed by atoms with Gasteiger partial charge in [0.15, 0.2) is 0 Å². The number of rotatable bonds is 4. The lowest BCUT2D eigenvalue weighted by atomic mass is 9.97. The van der Waals surface area contributed by atoms with Gasteiger partial charge in [0, 0.05) is 5.69 Å². The lowest BCUT2D eigenvalue weighted by Crippen LogP contribution is -2.41. The van der Waals surface area contributed by atoms with Crippen molar-refractivity contribution < 1.29 is 18.7 Å². The van der Waals surface area contributed by atoms with E-state index in [1.54, 1.807) is 0 Å². The molecule has 0 unspecified atom stereocenters. The maximum Gasteiger partial charge on any atom is 0.308 e. The van der Waals surface area contributed by atoms with Crippen LogP contribution in [0.5, 0.6) is 0 Å². The van der Waals surface area contributed by atoms with E-state index in [9.17, 15) is 14.0 Å². The SMILES string of the molecule is COC(=O)C1CCN(CC(=O)Nc2ccc(F)c(Cl)c2)CC1. The summed E-state index contributed by atoms with van der Waals surface area (Å²) >= 11 is 5.67. The number of anilines is 1. The Hall–Kier alpha value is -1.66. The van der Waals surface area contributed by atoms with Crippen molar-refractivity contribution in [3.8, 4) is 0 Å². The molecule has 2 rings (SSSR count). The molecule has 1 aromatic carbocycles. The van der Waals surface area contributed by atoms with Gasteiger partial charge in [0.1, 0.15) is 5.82 Å². The summed E-state index contributed by atoms with van der Waals surface area (Å²) in [6.45, 7) is 1.55. The Bertz CT molecular complexity index is 560. The second kappa shape index (κ2) is 7.56. The Labute approximate surface area is 133 Å². The van der Waals surface area contributed by atoms with E-state index in [0.29, 0.717) is 31.6 Å². The smallest absolute Gasteiger partial charge is 0.308 e. The molecule has 0 atom stereocenters. The summed E-state index contributed by atoms with van der Waals surface area (Å²) in [7, 11) is 1.38. The summed E-state index contributed by atoms with van der Waals surface area (Å²) in [5.41, 5.74) is 0.459. The van der Waals surface area contributed by atoms with Gasteiger partial charge in [-0.1, -0.05) is 11.6 Å². The maximum absolute atomic E-state index is 13.0. The molecule has 1 N–H and O–H groups in total. The van der Waals surface area contributed by atoms with Gasteiger partial charge in [0.2, 0.25) is 5.91 Å². The van der Waals surface area contributed by atoms with Crippen LogP contribution in [0.25, 0.3) is 0 Å². The zero-order chi connectivity index (χ0) is 16.1. The van der Waals surface area contributed by atoms with E-state index < -0.39 is 5.82 Å². The summed E-state index contributed by atoms with van der Waals surface area (Å²) in [5, 5.41) is 2.65. The normalized spacial score (nSPS) is 16.3. The molecule has 0 aliphatic carbocycles. The van der Waals surface area contributed by atoms with Crippen LogP contribution in [0.2, 0.25) is 5.02 Å². The highest BCUT2D eigenvalue weighted by atomic mass is 35.5. The standard InChI is InChI=1S/C15H18ClFN2O3/c1-22-15(21)10-4-6-19(7-5-10)9-14(20)18-11-2-3-13(17)12(16)8-11/h2-3,8,10H,4-7,9H2,1H3,(H,18,20). The van der Waals surface area contributed by atoms with Gasteiger partial charge in [-0.15, -0.1) is 0 Å². The van der Waals surface area contributed by atoms with Crippen LogP contribution in [-0.4, -0.2) is 43.5 Å². The molecule has 0 bridgehead atoms. The molecule has 1 aromatic rings. The minimum atomic E-state index is -0.524. The van der Waals surface area contributed by atoms with Crippen molar-refractivity contribution in [3.63, 3.8) is 0 Å². The van der Waals surface area contributed by atoms with Gasteiger partial charge in [0.25, 0.3) is 0 Å². The van der Waals surface area contributed by atoms with Crippen LogP contribution in [0.4, 0.5) is 10.1 Å². The molecule has 5 nitrogen and oxygen atoms in total. The topological polar surface area (TPSA) is 58.6 Å². The number of hydrogen-bond acceptors (Lipinski definition) is 4. The molecular formula is C15H18ClFN2O3. The van der Waals surface area contributed by atoms with Crippen LogP contribution in [0.1, 0.15) is 12.8 Å². The molecule has 120 valence electrons. The average Bonchev–Trinajstić information content (AvgIpc) is 2.51. The van der Waals surface area contributed by atoms with E-state index in [0.717, 1.165) is 0 Å². The van der Waals surface area contributed by atoms with Crippen LogP contribution in [0.15, 0.2) is 18.2 Å². The van der Waals surface area contributed by atoms with Crippen LogP contribution >= 0.6 is 11.6 Å². The van der Waals surface area contributed by atoms with Crippen LogP contribution in [-0.2, 0) is 14.3 Å². The van der Waals surface area contributed by atoms with Crippen molar-refractivity contribution in [1.29, 1.82) is 0 Å². The molecule has 0 saturated carbocycles. The number of carbonyl (C=O) groups excluding carboxylic acids is 2. The number of hydrogen-bond donors (Lipinski definition) is 1. The number of piperidine rings is 1. The number of methoxy groups -OCH3 is 1. The minimum Gasteiger partial charge on any atom is -0.469 e. The minimum absolute atomic E-state index is 0.0308. The van der Waals surface area contributed by atoms with Gasteiger partial charge < -0.3 is 10.1 Å². The van der Waals surface area contributed by atoms with E-state index in [1.807, 2.05) is 4.90 Å². The van der Waals surface area contributed by atoms with E-state index in [-0.39, 0.29) is 29.4 Å². The van der Waals surface area contributed by atoms with Crippen LogP contribution in [0.3, 0.4) is 0 Å². The van der Waals surface area contributed by atoms with Crippen LogP contribution in [0, 0.1) is 11.7 Å². The molecule has 0 spiro atoms. The molecule has 1 aliphatic rings. The molecular weight excluding hydrogens is 311 g/mol. The number of amides is 1. The first-order valence-corrected chi connectivity index (χ1v) is 7.42. The molecule has 1 saturated heterocycles. The van der Waals surface area contributed by atoms with E-state index in [1.165, 1.54) is 25.3 Å². The van der Waals surface area contributed by atoms with Crippen molar-refractivity contribution in [2.24, 2.45) is 5.92 Å². The van der Waals surface area contributed by atoms with Gasteiger partial charge in [-0.3, -0.25) is 14.5 Å². The van der Waals surface area contributed by atoms with E-state index in [4.69, 9.17) is 16.3 Å². The Morgan fingerprint density at radius 1 is 1.41 bits per heavy atom. The zero-order valence-electron chi connectivity index (χ0n) is 12.3. The molecule has 1 amide bonds. The predicted molar refractivity (Wildman–Crippen MR) is 81.2 cm³/mol. The number of carbonyl (C=O) groups is 2. The average molecular weight is 329 g/mol. The van der Waals surface area contributed by atoms with E-state index in [2.05, 4.69) is 5.32 Å². The number of likely N-dealkylation sites (tertiary alicyclic amines) is 1. The summed E-state index contributed by atoms with van der Waals surface area (Å²) in [5.74, 6) is -0.992. The van der Waals surface area contributed by atoms with Gasteiger partial charge in [0.05, 0.1) is 24.6 Å². The van der Waals surface area contributed by atoms with Crippen molar-refractivity contribution in [2.75, 3.05) is 32.1 Å². The number of benzene rings is 1. The summed E-state index contributed by atoms with van der Waals surface area (Å²) in [6.07, 6.45) is 1.37. The predicted octanol–water partition coefficient (Wildman–Crippen LogP) is 2.30. The van der Waals surface area contributed by atoms with Crippen molar-refractivity contribution >= 4 is 29.2 Å². The molecule has 7 heteroatoms. The van der Waals surface area contributed by atoms with Gasteiger partial charge >= 0.3 is 5.97 Å². The molecule has 22 heavy (non-hydrogen) atoms. The lowest BCUT2D eigenvalue weighted by Gasteiger charge is -2.29. The first kappa shape index (κ1) is 16.7. The molecule has 1 heterocycles. The molecule has 1 aliphatic heterocycles. The summed E-state index contributed by atoms with van der Waals surface area (Å²) in [6, 6.07) is 4.04. The van der Waals surface area contributed by atoms with Gasteiger partial charge in [-0.25, -0.2) is 4.39 Å². The third kappa shape index (κ3) is 4.42. The Morgan fingerprint density at radius 2 is 2.09 bits per heavy atom. The fourth-order valence-corrected chi connectivity index (χ4v) is 2.65. The monoisotopic (exact) mass is 328 g/mol. The lowest BCUT2D eigenvalue weighted by molar-refractivity contribution is -0.147. The van der Waals surface area contributed by atoms with Crippen molar-refractivity contribution in [2.45, 2.75) is 12.8 Å². The molecule has 0 aromatic heterocycles. The second-order valence-electron chi connectivity index (χ2n) is 5.25. The highest BCUT2D eigenvalue weighted by Gasteiger charge is 2.26. The Balaban J connectivity index is 1.80. The summed E-state index contributed by atoms with van der Waals surface area (Å²) in [4.78, 5) is 25.4. The Kier molecular flexibility index (Phi) is 5.74. The molecule has 1 fully saturated rings. The zero-order valence-corrected chi connectivity index (χ0v) is 13.0. The van der Waals surface area contributed by atoms with Gasteiger partial charge in [-0.05, 0) is 44.1 Å². The number of esters is 1. The quantitative estimate of drug-likeness (QED) is 0.862.